The third-order valence-electron chi connectivity index (χ3n) is 2.38. The molecule has 1 aromatic rings. The van der Waals surface area contributed by atoms with Crippen LogP contribution in [0, 0.1) is 0 Å². The van der Waals surface area contributed by atoms with Gasteiger partial charge in [-0.05, 0) is 34.5 Å². The van der Waals surface area contributed by atoms with Crippen molar-refractivity contribution in [2.45, 2.75) is 6.42 Å². The van der Waals surface area contributed by atoms with E-state index in [1.807, 2.05) is 0 Å². The maximum atomic E-state index is 11.0. The zero-order valence-corrected chi connectivity index (χ0v) is 13.5. The van der Waals surface area contributed by atoms with E-state index in [0.29, 0.717) is 16.6 Å². The van der Waals surface area contributed by atoms with Gasteiger partial charge in [-0.25, -0.2) is 13.2 Å². The summed E-state index contributed by atoms with van der Waals surface area (Å²) in [7, 11) is -1.62. The van der Waals surface area contributed by atoms with Crippen LogP contribution in [0.15, 0.2) is 16.6 Å². The van der Waals surface area contributed by atoms with Crippen LogP contribution in [0.1, 0.15) is 16.8 Å². The van der Waals surface area contributed by atoms with Crippen LogP contribution in [0.3, 0.4) is 0 Å². The highest BCUT2D eigenvalue weighted by molar-refractivity contribution is 9.10. The van der Waals surface area contributed by atoms with Gasteiger partial charge in [-0.15, -0.1) is 0 Å². The van der Waals surface area contributed by atoms with Crippen LogP contribution in [0.25, 0.3) is 0 Å². The van der Waals surface area contributed by atoms with Crippen LogP contribution >= 0.6 is 15.9 Å². The molecule has 0 amide bonds. The molecule has 1 rings (SSSR count). The molecule has 0 aliphatic rings. The highest BCUT2D eigenvalue weighted by Gasteiger charge is 2.15. The Morgan fingerprint density at radius 1 is 1.40 bits per heavy atom. The standard InChI is InChI=1S/C12H15BrO6S/c1-18-10-7-8(12(14)15)6-9(13)11(10)19-4-3-5-20(2,16)17/h6-7H,3-5H2,1-2H3,(H,14,15). The van der Waals surface area contributed by atoms with Crippen molar-refractivity contribution in [3.63, 3.8) is 0 Å². The largest absolute Gasteiger partial charge is 0.493 e. The first kappa shape index (κ1) is 16.8. The van der Waals surface area contributed by atoms with E-state index in [1.54, 1.807) is 0 Å². The molecule has 1 N–H and O–H groups in total. The molecule has 0 saturated carbocycles. The Morgan fingerprint density at radius 3 is 2.55 bits per heavy atom. The normalized spacial score (nSPS) is 11.2. The predicted octanol–water partition coefficient (Wildman–Crippen LogP) is 1.97. The number of methoxy groups -OCH3 is 1. The third kappa shape index (κ3) is 5.01. The zero-order chi connectivity index (χ0) is 15.3. The fourth-order valence-corrected chi connectivity index (χ4v) is 2.68. The van der Waals surface area contributed by atoms with Gasteiger partial charge in [0.25, 0.3) is 0 Å². The van der Waals surface area contributed by atoms with Gasteiger partial charge in [-0.3, -0.25) is 0 Å². The van der Waals surface area contributed by atoms with Gasteiger partial charge in [-0.1, -0.05) is 0 Å². The van der Waals surface area contributed by atoms with Crippen molar-refractivity contribution in [3.05, 3.63) is 22.2 Å². The summed E-state index contributed by atoms with van der Waals surface area (Å²) >= 11 is 3.21. The van der Waals surface area contributed by atoms with E-state index in [9.17, 15) is 13.2 Å². The van der Waals surface area contributed by atoms with Crippen LogP contribution < -0.4 is 9.47 Å². The molecule has 0 atom stereocenters. The van der Waals surface area contributed by atoms with Crippen molar-refractivity contribution in [3.8, 4) is 11.5 Å². The fourth-order valence-electron chi connectivity index (χ4n) is 1.48. The molecule has 0 bridgehead atoms. The summed E-state index contributed by atoms with van der Waals surface area (Å²) in [6, 6.07) is 2.75. The molecule has 112 valence electrons. The van der Waals surface area contributed by atoms with E-state index < -0.39 is 15.8 Å². The summed E-state index contributed by atoms with van der Waals surface area (Å²) in [6.45, 7) is 0.189. The van der Waals surface area contributed by atoms with Crippen molar-refractivity contribution in [2.24, 2.45) is 0 Å². The Kier molecular flexibility index (Phi) is 5.82. The first-order valence-corrected chi connectivity index (χ1v) is 8.51. The lowest BCUT2D eigenvalue weighted by Gasteiger charge is -2.13. The monoisotopic (exact) mass is 366 g/mol. The highest BCUT2D eigenvalue weighted by atomic mass is 79.9. The van der Waals surface area contributed by atoms with Crippen LogP contribution in [0.5, 0.6) is 11.5 Å². The number of halogens is 1. The Morgan fingerprint density at radius 2 is 2.05 bits per heavy atom. The SMILES string of the molecule is COc1cc(C(=O)O)cc(Br)c1OCCCS(C)(=O)=O. The summed E-state index contributed by atoms with van der Waals surface area (Å²) in [5.41, 5.74) is 0.0669. The first-order chi connectivity index (χ1) is 9.24. The average molecular weight is 367 g/mol. The predicted molar refractivity (Wildman–Crippen MR) is 77.5 cm³/mol. The Labute approximate surface area is 125 Å². The number of rotatable bonds is 7. The zero-order valence-electron chi connectivity index (χ0n) is 11.1. The van der Waals surface area contributed by atoms with Crippen molar-refractivity contribution in [1.82, 2.24) is 0 Å². The van der Waals surface area contributed by atoms with Crippen LogP contribution in [0.2, 0.25) is 0 Å². The van der Waals surface area contributed by atoms with E-state index >= 15 is 0 Å². The maximum Gasteiger partial charge on any atom is 0.335 e. The molecule has 0 heterocycles. The molecule has 1 aromatic carbocycles. The van der Waals surface area contributed by atoms with Gasteiger partial charge in [0.15, 0.2) is 11.5 Å². The Bertz CT molecular complexity index is 596. The van der Waals surface area contributed by atoms with Crippen molar-refractivity contribution in [1.29, 1.82) is 0 Å². The molecule has 20 heavy (non-hydrogen) atoms. The Balaban J connectivity index is 2.82. The van der Waals surface area contributed by atoms with Crippen LogP contribution in [-0.4, -0.2) is 45.2 Å². The number of carboxylic acid groups (broad SMARTS) is 1. The lowest BCUT2D eigenvalue weighted by Crippen LogP contribution is -2.09. The molecular formula is C12H15BrO6S. The summed E-state index contributed by atoms with van der Waals surface area (Å²) in [4.78, 5) is 10.9. The van der Waals surface area contributed by atoms with E-state index in [1.165, 1.54) is 19.2 Å². The summed E-state index contributed by atoms with van der Waals surface area (Å²) in [5.74, 6) is -0.421. The molecule has 0 aliphatic carbocycles. The second-order valence-electron chi connectivity index (χ2n) is 4.13. The summed E-state index contributed by atoms with van der Waals surface area (Å²) in [5, 5.41) is 8.94. The molecule has 0 spiro atoms. The number of carbonyl (C=O) groups is 1. The number of sulfone groups is 1. The van der Waals surface area contributed by atoms with Crippen molar-refractivity contribution in [2.75, 3.05) is 25.7 Å². The topological polar surface area (TPSA) is 89.9 Å². The number of aromatic carboxylic acids is 1. The molecular weight excluding hydrogens is 352 g/mol. The highest BCUT2D eigenvalue weighted by Crippen LogP contribution is 2.36. The van der Waals surface area contributed by atoms with Gasteiger partial charge in [-0.2, -0.15) is 0 Å². The maximum absolute atomic E-state index is 11.0. The van der Waals surface area contributed by atoms with Crippen molar-refractivity contribution < 1.29 is 27.8 Å². The van der Waals surface area contributed by atoms with Gasteiger partial charge >= 0.3 is 5.97 Å². The van der Waals surface area contributed by atoms with Gasteiger partial charge in [0, 0.05) is 6.26 Å². The molecule has 0 aromatic heterocycles. The molecule has 6 nitrogen and oxygen atoms in total. The van der Waals surface area contributed by atoms with Gasteiger partial charge in [0.05, 0.1) is 29.5 Å². The smallest absolute Gasteiger partial charge is 0.335 e. The van der Waals surface area contributed by atoms with Crippen LogP contribution in [-0.2, 0) is 9.84 Å². The molecule has 8 heteroatoms. The lowest BCUT2D eigenvalue weighted by molar-refractivity contribution is 0.0696. The van der Waals surface area contributed by atoms with Crippen LogP contribution in [0.4, 0.5) is 0 Å². The fraction of sp³-hybridized carbons (Fsp3) is 0.417. The second kappa shape index (κ2) is 6.94. The number of hydrogen-bond donors (Lipinski definition) is 1. The number of carboxylic acids is 1. The molecule has 0 aliphatic heterocycles. The van der Waals surface area contributed by atoms with Gasteiger partial charge in [0.1, 0.15) is 9.84 Å². The first-order valence-electron chi connectivity index (χ1n) is 5.66. The molecule has 0 radical (unpaired) electrons. The summed E-state index contributed by atoms with van der Waals surface area (Å²) < 4.78 is 33.0. The minimum atomic E-state index is -3.02. The lowest BCUT2D eigenvalue weighted by atomic mass is 10.2. The van der Waals surface area contributed by atoms with Crippen molar-refractivity contribution >= 4 is 31.7 Å². The van der Waals surface area contributed by atoms with E-state index in [2.05, 4.69) is 15.9 Å². The van der Waals surface area contributed by atoms with Gasteiger partial charge < -0.3 is 14.6 Å². The quantitative estimate of drug-likeness (QED) is 0.741. The molecule has 0 fully saturated rings. The number of ether oxygens (including phenoxy) is 2. The minimum absolute atomic E-state index is 0.0279. The van der Waals surface area contributed by atoms with E-state index in [-0.39, 0.29) is 23.7 Å². The van der Waals surface area contributed by atoms with E-state index in [0.717, 1.165) is 6.26 Å². The molecule has 0 saturated heterocycles. The molecule has 0 unspecified atom stereocenters. The summed E-state index contributed by atoms with van der Waals surface area (Å²) in [6.07, 6.45) is 1.50. The number of benzene rings is 1. The van der Waals surface area contributed by atoms with E-state index in [4.69, 9.17) is 14.6 Å². The number of hydrogen-bond acceptors (Lipinski definition) is 5. The minimum Gasteiger partial charge on any atom is -0.493 e. The second-order valence-corrected chi connectivity index (χ2v) is 7.24. The Hall–Kier alpha value is -1.28. The van der Waals surface area contributed by atoms with Gasteiger partial charge in [0.2, 0.25) is 0 Å². The average Bonchev–Trinajstić information content (AvgIpc) is 2.33. The third-order valence-corrected chi connectivity index (χ3v) is 4.00.